The molecule has 0 aliphatic heterocycles. The van der Waals surface area contributed by atoms with Gasteiger partial charge < -0.3 is 20.5 Å². The van der Waals surface area contributed by atoms with Crippen LogP contribution in [-0.2, 0) is 18.4 Å². The summed E-state index contributed by atoms with van der Waals surface area (Å²) in [6, 6.07) is 1.26. The first-order chi connectivity index (χ1) is 16.7. The summed E-state index contributed by atoms with van der Waals surface area (Å²) in [6.07, 6.45) is -0.00799. The topological polar surface area (TPSA) is 123 Å². The molecule has 3 N–H and O–H groups in total. The fourth-order valence-electron chi connectivity index (χ4n) is 3.30. The van der Waals surface area contributed by atoms with Crippen LogP contribution in [0.15, 0.2) is 29.6 Å². The Kier molecular flexibility index (Phi) is 5.75. The van der Waals surface area contributed by atoms with Crippen molar-refractivity contribution in [2.45, 2.75) is 25.6 Å². The highest BCUT2D eigenvalue weighted by molar-refractivity contribution is 6.03. The lowest BCUT2D eigenvalue weighted by Gasteiger charge is -2.13. The first-order valence-corrected chi connectivity index (χ1v) is 9.73. The first kappa shape index (κ1) is 21.0. The van der Waals surface area contributed by atoms with E-state index in [-0.39, 0.29) is 58.0 Å². The summed E-state index contributed by atoms with van der Waals surface area (Å²) >= 11 is 0. The number of alkyl halides is 3. The van der Waals surface area contributed by atoms with Crippen LogP contribution >= 0.6 is 12.4 Å². The fourth-order valence-corrected chi connectivity index (χ4v) is 3.30. The number of amides is 2. The predicted octanol–water partition coefficient (Wildman–Crippen LogP) is 2.57. The van der Waals surface area contributed by atoms with Crippen LogP contribution in [0.1, 0.15) is 27.3 Å². The van der Waals surface area contributed by atoms with Crippen LogP contribution in [0.5, 0.6) is 0 Å². The Morgan fingerprint density at radius 1 is 1.26 bits per heavy atom. The highest BCUT2D eigenvalue weighted by Crippen LogP contribution is 2.31. The molecule has 1 aliphatic rings. The summed E-state index contributed by atoms with van der Waals surface area (Å²) in [6.45, 7) is -4.37. The molecule has 0 radical (unpaired) electrons. The van der Waals surface area contributed by atoms with Gasteiger partial charge in [0.15, 0.2) is 0 Å². The zero-order chi connectivity index (χ0) is 26.4. The number of hydrogen-bond donors (Lipinski definition) is 3. The number of nitrogens with one attached hydrogen (secondary N) is 3. The van der Waals surface area contributed by atoms with E-state index in [0.717, 1.165) is 25.4 Å². The van der Waals surface area contributed by atoms with Gasteiger partial charge in [-0.1, -0.05) is 0 Å². The van der Waals surface area contributed by atoms with E-state index in [9.17, 15) is 27.6 Å². The molecule has 3 aromatic heterocycles. The molecule has 0 saturated heterocycles. The van der Waals surface area contributed by atoms with Gasteiger partial charge in [-0.05, 0) is 12.8 Å². The highest BCUT2D eigenvalue weighted by Gasteiger charge is 2.31. The van der Waals surface area contributed by atoms with E-state index in [2.05, 4.69) is 20.6 Å². The fraction of sp³-hybridized carbons (Fsp3) is 0.350. The molecule has 3 aromatic rings. The largest absolute Gasteiger partial charge is 0.406 e. The molecule has 2 amide bonds. The lowest BCUT2D eigenvalue weighted by Crippen LogP contribution is -2.28. The van der Waals surface area contributed by atoms with Gasteiger partial charge in [-0.25, -0.2) is 9.97 Å². The number of fused-ring (bicyclic) bond motifs is 1. The van der Waals surface area contributed by atoms with Gasteiger partial charge in [0.25, 0.3) is 11.5 Å². The summed E-state index contributed by atoms with van der Waals surface area (Å²) in [5, 5.41) is 7.03. The minimum absolute atomic E-state index is 0. The molecule has 0 atom stereocenters. The van der Waals surface area contributed by atoms with Crippen LogP contribution in [0.4, 0.5) is 30.4 Å². The van der Waals surface area contributed by atoms with Crippen molar-refractivity contribution in [2.75, 3.05) is 17.6 Å². The van der Waals surface area contributed by atoms with Crippen molar-refractivity contribution in [3.63, 3.8) is 0 Å². The van der Waals surface area contributed by atoms with Crippen LogP contribution in [0.2, 0.25) is 0 Å². The second-order valence-electron chi connectivity index (χ2n) is 7.60. The number of hydrogen-bond acceptors (Lipinski definition) is 6. The van der Waals surface area contributed by atoms with Crippen molar-refractivity contribution in [2.24, 2.45) is 13.0 Å². The summed E-state index contributed by atoms with van der Waals surface area (Å²) in [4.78, 5) is 45.6. The van der Waals surface area contributed by atoms with Gasteiger partial charge in [0.1, 0.15) is 29.7 Å². The van der Waals surface area contributed by atoms with Gasteiger partial charge >= 0.3 is 6.18 Å². The molecule has 0 bridgehead atoms. The molecule has 10 nitrogen and oxygen atoms in total. The Bertz CT molecular complexity index is 1420. The van der Waals surface area contributed by atoms with Crippen molar-refractivity contribution in [3.8, 4) is 0 Å². The maximum atomic E-state index is 12.9. The van der Waals surface area contributed by atoms with E-state index in [4.69, 9.17) is 4.11 Å². The Morgan fingerprint density at radius 2 is 2.00 bits per heavy atom. The van der Waals surface area contributed by atoms with Crippen LogP contribution in [0.25, 0.3) is 11.0 Å². The second kappa shape index (κ2) is 9.33. The number of carbonyl (C=O) groups excluding carboxylic acids is 2. The van der Waals surface area contributed by atoms with Crippen LogP contribution in [-0.4, -0.2) is 44.1 Å². The van der Waals surface area contributed by atoms with Crippen molar-refractivity contribution in [1.82, 2.24) is 24.4 Å². The lowest BCUT2D eigenvalue weighted by atomic mass is 10.2. The number of aryl methyl sites for hydroxylation is 1. The maximum Gasteiger partial charge on any atom is 0.406 e. The molecule has 1 aliphatic carbocycles. The quantitative estimate of drug-likeness (QED) is 0.476. The number of halogens is 4. The van der Waals surface area contributed by atoms with Gasteiger partial charge in [0, 0.05) is 42.5 Å². The summed E-state index contributed by atoms with van der Waals surface area (Å²) in [5.41, 5.74) is -1.19. The van der Waals surface area contributed by atoms with E-state index in [1.165, 1.54) is 23.9 Å². The summed E-state index contributed by atoms with van der Waals surface area (Å²) in [7, 11) is 1.52. The van der Waals surface area contributed by atoms with Crippen molar-refractivity contribution < 1.29 is 26.9 Å². The zero-order valence-electron chi connectivity index (χ0n) is 20.6. The Balaban J connectivity index is 0.00000380. The third-order valence-electron chi connectivity index (χ3n) is 5.02. The minimum Gasteiger partial charge on any atom is -0.355 e. The maximum absolute atomic E-state index is 12.9. The number of carbonyl (C=O) groups is 2. The average molecular weight is 503 g/mol. The van der Waals surface area contributed by atoms with Gasteiger partial charge in [-0.3, -0.25) is 19.0 Å². The Labute approximate surface area is 201 Å². The second-order valence-corrected chi connectivity index (χ2v) is 7.60. The third-order valence-corrected chi connectivity index (χ3v) is 5.02. The molecule has 0 unspecified atom stereocenters. The normalized spacial score (nSPS) is 15.0. The zero-order valence-corrected chi connectivity index (χ0v) is 18.4. The number of anilines is 3. The van der Waals surface area contributed by atoms with Crippen LogP contribution in [0, 0.1) is 5.92 Å². The molecule has 3 heterocycles. The number of nitrogens with zero attached hydrogens (tertiary/aromatic N) is 4. The molecule has 1 saturated carbocycles. The van der Waals surface area contributed by atoms with Crippen molar-refractivity contribution in [3.05, 3.63) is 40.7 Å². The Morgan fingerprint density at radius 3 is 2.65 bits per heavy atom. The third kappa shape index (κ3) is 5.14. The number of rotatable bonds is 6. The molecule has 4 rings (SSSR count). The SMILES string of the molecule is Cl.[2H]C([2H])([2H])NC(=O)c1cnc(NC(=O)C2CC2)cc1Nc1cn(C)c2ncn(CC(F)(F)F)c(=O)c12. The van der Waals surface area contributed by atoms with Crippen molar-refractivity contribution in [1.29, 1.82) is 0 Å². The molecule has 14 heteroatoms. The molecule has 1 fully saturated rings. The number of aromatic nitrogens is 4. The predicted molar refractivity (Wildman–Crippen MR) is 121 cm³/mol. The molecular formula is C20H21ClF3N7O3. The van der Waals surface area contributed by atoms with Gasteiger partial charge in [-0.15, -0.1) is 12.4 Å². The van der Waals surface area contributed by atoms with E-state index >= 15 is 0 Å². The smallest absolute Gasteiger partial charge is 0.355 e. The molecular weight excluding hydrogens is 479 g/mol. The van der Waals surface area contributed by atoms with E-state index in [0.29, 0.717) is 4.57 Å². The van der Waals surface area contributed by atoms with Gasteiger partial charge in [-0.2, -0.15) is 13.2 Å². The monoisotopic (exact) mass is 502 g/mol. The van der Waals surface area contributed by atoms with Gasteiger partial charge in [0.05, 0.1) is 16.9 Å². The van der Waals surface area contributed by atoms with Crippen molar-refractivity contribution >= 4 is 52.4 Å². The van der Waals surface area contributed by atoms with Crippen LogP contribution < -0.4 is 21.5 Å². The molecule has 0 aromatic carbocycles. The van der Waals surface area contributed by atoms with E-state index in [1.807, 2.05) is 5.32 Å². The number of pyridine rings is 1. The minimum atomic E-state index is -4.66. The standard InChI is InChI=1S/C20H20F3N7O3.ClH/c1-24-18(32)11-6-25-14(28-17(31)10-3-4-10)5-12(11)27-13-7-29(2)16-15(13)19(33)30(9-26-16)8-20(21,22)23;/h5-7,9-10H,3-4,8H2,1-2H3,(H,24,32)(H2,25,27,28,31);1H/i1D3;. The average Bonchev–Trinajstić information content (AvgIpc) is 3.53. The van der Waals surface area contributed by atoms with E-state index in [1.54, 1.807) is 0 Å². The molecule has 182 valence electrons. The highest BCUT2D eigenvalue weighted by atomic mass is 35.5. The first-order valence-electron chi connectivity index (χ1n) is 11.2. The summed E-state index contributed by atoms with van der Waals surface area (Å²) < 4.78 is 62.4. The van der Waals surface area contributed by atoms with E-state index < -0.39 is 31.2 Å². The molecule has 0 spiro atoms. The van der Waals surface area contributed by atoms with Gasteiger partial charge in [0.2, 0.25) is 5.91 Å². The van der Waals surface area contributed by atoms with Crippen LogP contribution in [0.3, 0.4) is 0 Å². The Hall–Kier alpha value is -3.61. The summed E-state index contributed by atoms with van der Waals surface area (Å²) in [5.74, 6) is -1.42. The lowest BCUT2D eigenvalue weighted by molar-refractivity contribution is -0.141. The molecule has 34 heavy (non-hydrogen) atoms.